The van der Waals surface area contributed by atoms with Gasteiger partial charge in [-0.3, -0.25) is 0 Å². The van der Waals surface area contributed by atoms with Crippen LogP contribution in [-0.4, -0.2) is 23.3 Å². The second kappa shape index (κ2) is 4.91. The van der Waals surface area contributed by atoms with Gasteiger partial charge in [0.1, 0.15) is 11.3 Å². The maximum absolute atomic E-state index is 11.2. The van der Waals surface area contributed by atoms with Crippen molar-refractivity contribution in [2.75, 3.05) is 7.11 Å². The number of benzene rings is 1. The Morgan fingerprint density at radius 1 is 1.39 bits per heavy atom. The van der Waals surface area contributed by atoms with Gasteiger partial charge in [-0.1, -0.05) is 12.1 Å². The molecule has 0 saturated heterocycles. The first-order valence-corrected chi connectivity index (χ1v) is 5.53. The van der Waals surface area contributed by atoms with Crippen molar-refractivity contribution < 1.29 is 19.2 Å². The van der Waals surface area contributed by atoms with E-state index in [9.17, 15) is 9.90 Å². The first kappa shape index (κ1) is 12.2. The van der Waals surface area contributed by atoms with Crippen LogP contribution in [0, 0.1) is 0 Å². The highest BCUT2D eigenvalue weighted by atomic mass is 16.5. The van der Waals surface area contributed by atoms with Crippen molar-refractivity contribution in [1.29, 1.82) is 0 Å². The molecule has 1 N–H and O–H groups in total. The van der Waals surface area contributed by atoms with E-state index in [0.29, 0.717) is 23.4 Å². The molecule has 0 bridgehead atoms. The number of methoxy groups -OCH3 is 1. The molecule has 0 radical (unpaired) electrons. The number of aryl methyl sites for hydroxylation is 1. The van der Waals surface area contributed by atoms with Crippen LogP contribution in [0.15, 0.2) is 28.8 Å². The summed E-state index contributed by atoms with van der Waals surface area (Å²) < 4.78 is 10.2. The van der Waals surface area contributed by atoms with Crippen molar-refractivity contribution in [2.45, 2.75) is 13.3 Å². The third-order valence-corrected chi connectivity index (χ3v) is 2.66. The zero-order valence-corrected chi connectivity index (χ0v) is 10.1. The van der Waals surface area contributed by atoms with E-state index in [1.165, 1.54) is 0 Å². The highest BCUT2D eigenvalue weighted by Gasteiger charge is 2.22. The monoisotopic (exact) mass is 247 g/mol. The van der Waals surface area contributed by atoms with Crippen LogP contribution in [0.4, 0.5) is 0 Å². The van der Waals surface area contributed by atoms with Crippen LogP contribution < -0.4 is 4.74 Å². The van der Waals surface area contributed by atoms with Gasteiger partial charge in [0.15, 0.2) is 5.76 Å². The molecule has 1 aromatic carbocycles. The number of aromatic carboxylic acids is 1. The Kier molecular flexibility index (Phi) is 3.32. The van der Waals surface area contributed by atoms with Crippen LogP contribution in [0.1, 0.15) is 23.0 Å². The molecular weight excluding hydrogens is 234 g/mol. The largest absolute Gasteiger partial charge is 0.497 e. The van der Waals surface area contributed by atoms with Crippen molar-refractivity contribution in [1.82, 2.24) is 5.16 Å². The van der Waals surface area contributed by atoms with Crippen molar-refractivity contribution >= 4 is 5.97 Å². The molecule has 0 aliphatic heterocycles. The van der Waals surface area contributed by atoms with Crippen LogP contribution in [0.2, 0.25) is 0 Å². The molecule has 0 fully saturated rings. The number of nitrogens with zero attached hydrogens (tertiary/aromatic N) is 1. The maximum atomic E-state index is 11.2. The fraction of sp³-hybridized carbons (Fsp3) is 0.231. The lowest BCUT2D eigenvalue weighted by atomic mass is 10.1. The van der Waals surface area contributed by atoms with E-state index in [2.05, 4.69) is 5.16 Å². The summed E-state index contributed by atoms with van der Waals surface area (Å²) in [7, 11) is 1.57. The van der Waals surface area contributed by atoms with Crippen LogP contribution in [0.3, 0.4) is 0 Å². The minimum atomic E-state index is -1.03. The standard InChI is InChI=1S/C13H13NO4/c1-3-10-11(13(15)16)12(18-14-10)8-4-6-9(17-2)7-5-8/h4-7H,3H2,1-2H3,(H,15,16). The average molecular weight is 247 g/mol. The minimum absolute atomic E-state index is 0.127. The van der Waals surface area contributed by atoms with Gasteiger partial charge in [0.25, 0.3) is 0 Å². The summed E-state index contributed by atoms with van der Waals surface area (Å²) in [6.07, 6.45) is 0.515. The van der Waals surface area contributed by atoms with E-state index in [4.69, 9.17) is 9.26 Å². The Balaban J connectivity index is 2.49. The van der Waals surface area contributed by atoms with Crippen LogP contribution in [0.5, 0.6) is 5.75 Å². The van der Waals surface area contributed by atoms with E-state index in [1.807, 2.05) is 6.92 Å². The van der Waals surface area contributed by atoms with E-state index < -0.39 is 5.97 Å². The normalized spacial score (nSPS) is 10.3. The van der Waals surface area contributed by atoms with Gasteiger partial charge in [0, 0.05) is 5.56 Å². The number of hydrogen-bond donors (Lipinski definition) is 1. The van der Waals surface area contributed by atoms with Crippen LogP contribution in [-0.2, 0) is 6.42 Å². The number of carboxylic acid groups (broad SMARTS) is 1. The third kappa shape index (κ3) is 2.07. The van der Waals surface area contributed by atoms with Crippen molar-refractivity contribution in [3.8, 4) is 17.1 Å². The molecular formula is C13H13NO4. The quantitative estimate of drug-likeness (QED) is 0.899. The molecule has 0 amide bonds. The van der Waals surface area contributed by atoms with Crippen molar-refractivity contribution in [2.24, 2.45) is 0 Å². The molecule has 94 valence electrons. The van der Waals surface area contributed by atoms with E-state index in [1.54, 1.807) is 31.4 Å². The van der Waals surface area contributed by atoms with Gasteiger partial charge in [0.2, 0.25) is 0 Å². The summed E-state index contributed by atoms with van der Waals surface area (Å²) in [6.45, 7) is 1.84. The zero-order valence-electron chi connectivity index (χ0n) is 10.1. The lowest BCUT2D eigenvalue weighted by molar-refractivity contribution is 0.0696. The van der Waals surface area contributed by atoms with Gasteiger partial charge >= 0.3 is 5.97 Å². The average Bonchev–Trinajstić information content (AvgIpc) is 2.82. The third-order valence-electron chi connectivity index (χ3n) is 2.66. The van der Waals surface area contributed by atoms with E-state index in [0.717, 1.165) is 0 Å². The molecule has 0 spiro atoms. The number of rotatable bonds is 4. The lowest BCUT2D eigenvalue weighted by Gasteiger charge is -2.01. The Labute approximate surface area is 104 Å². The zero-order chi connectivity index (χ0) is 13.1. The van der Waals surface area contributed by atoms with E-state index in [-0.39, 0.29) is 11.3 Å². The summed E-state index contributed by atoms with van der Waals surface area (Å²) in [5, 5.41) is 13.0. The minimum Gasteiger partial charge on any atom is -0.497 e. The molecule has 0 unspecified atom stereocenters. The molecule has 0 atom stereocenters. The molecule has 0 saturated carbocycles. The predicted molar refractivity (Wildman–Crippen MR) is 64.8 cm³/mol. The Bertz CT molecular complexity index is 557. The van der Waals surface area contributed by atoms with Gasteiger partial charge in [-0.2, -0.15) is 0 Å². The fourth-order valence-electron chi connectivity index (χ4n) is 1.72. The van der Waals surface area contributed by atoms with Crippen LogP contribution >= 0.6 is 0 Å². The number of ether oxygens (including phenoxy) is 1. The topological polar surface area (TPSA) is 72.6 Å². The number of aromatic nitrogens is 1. The molecule has 0 aliphatic carbocycles. The number of hydrogen-bond acceptors (Lipinski definition) is 4. The Morgan fingerprint density at radius 2 is 2.06 bits per heavy atom. The summed E-state index contributed by atoms with van der Waals surface area (Å²) in [5.41, 5.74) is 1.25. The Morgan fingerprint density at radius 3 is 2.56 bits per heavy atom. The highest BCUT2D eigenvalue weighted by Crippen LogP contribution is 2.28. The Hall–Kier alpha value is -2.30. The molecule has 2 aromatic rings. The summed E-state index contributed by atoms with van der Waals surface area (Å²) in [6, 6.07) is 6.97. The molecule has 5 nitrogen and oxygen atoms in total. The fourth-order valence-corrected chi connectivity index (χ4v) is 1.72. The predicted octanol–water partition coefficient (Wildman–Crippen LogP) is 2.61. The van der Waals surface area contributed by atoms with Gasteiger partial charge in [-0.05, 0) is 30.7 Å². The number of carboxylic acids is 1. The molecule has 2 rings (SSSR count). The maximum Gasteiger partial charge on any atom is 0.341 e. The first-order chi connectivity index (χ1) is 8.67. The van der Waals surface area contributed by atoms with Gasteiger partial charge in [-0.15, -0.1) is 0 Å². The second-order valence-electron chi connectivity index (χ2n) is 3.72. The molecule has 18 heavy (non-hydrogen) atoms. The van der Waals surface area contributed by atoms with Gasteiger partial charge in [0.05, 0.1) is 12.8 Å². The van der Waals surface area contributed by atoms with Crippen molar-refractivity contribution in [3.63, 3.8) is 0 Å². The summed E-state index contributed by atoms with van der Waals surface area (Å²) in [5.74, 6) is -0.0493. The second-order valence-corrected chi connectivity index (χ2v) is 3.72. The molecule has 0 aliphatic rings. The SMILES string of the molecule is CCc1noc(-c2ccc(OC)cc2)c1C(=O)O. The molecule has 5 heteroatoms. The highest BCUT2D eigenvalue weighted by molar-refractivity contribution is 5.95. The molecule has 1 aromatic heterocycles. The number of carbonyl (C=O) groups is 1. The van der Waals surface area contributed by atoms with Gasteiger partial charge < -0.3 is 14.4 Å². The summed E-state index contributed by atoms with van der Waals surface area (Å²) in [4.78, 5) is 11.2. The molecule has 1 heterocycles. The first-order valence-electron chi connectivity index (χ1n) is 5.53. The van der Waals surface area contributed by atoms with Gasteiger partial charge in [-0.25, -0.2) is 4.79 Å². The summed E-state index contributed by atoms with van der Waals surface area (Å²) >= 11 is 0. The van der Waals surface area contributed by atoms with Crippen LogP contribution in [0.25, 0.3) is 11.3 Å². The smallest absolute Gasteiger partial charge is 0.341 e. The van der Waals surface area contributed by atoms with Crippen molar-refractivity contribution in [3.05, 3.63) is 35.5 Å². The lowest BCUT2D eigenvalue weighted by Crippen LogP contribution is -2.01. The van der Waals surface area contributed by atoms with E-state index >= 15 is 0 Å².